The molecule has 2 aromatic carbocycles. The van der Waals surface area contributed by atoms with Gasteiger partial charge in [0, 0.05) is 0 Å². The van der Waals surface area contributed by atoms with Gasteiger partial charge < -0.3 is 10.2 Å². The van der Waals surface area contributed by atoms with E-state index >= 15 is 0 Å². The zero-order valence-corrected chi connectivity index (χ0v) is 9.07. The van der Waals surface area contributed by atoms with Gasteiger partial charge in [0.1, 0.15) is 5.56 Å². The van der Waals surface area contributed by atoms with Crippen molar-refractivity contribution in [3.63, 3.8) is 0 Å². The zero-order chi connectivity index (χ0) is 13.3. The second kappa shape index (κ2) is 4.25. The normalized spacial score (nSPS) is 11.5. The van der Waals surface area contributed by atoms with E-state index in [2.05, 4.69) is 0 Å². The fourth-order valence-electron chi connectivity index (χ4n) is 1.73. The predicted molar refractivity (Wildman–Crippen MR) is 60.2 cm³/mol. The number of hydrogen-bond acceptors (Lipinski definition) is 2. The van der Waals surface area contributed by atoms with Crippen molar-refractivity contribution < 1.29 is 23.4 Å². The molecule has 0 atom stereocenters. The quantitative estimate of drug-likeness (QED) is 0.760. The Bertz CT molecular complexity index is 562. The van der Waals surface area contributed by atoms with Crippen molar-refractivity contribution in [2.24, 2.45) is 0 Å². The van der Waals surface area contributed by atoms with Gasteiger partial charge in [0.25, 0.3) is 0 Å². The molecule has 5 heteroatoms. The lowest BCUT2D eigenvalue weighted by molar-refractivity contribution is -0.138. The Balaban J connectivity index is 2.73. The van der Waals surface area contributed by atoms with E-state index in [1.165, 1.54) is 12.1 Å². The Morgan fingerprint density at radius 1 is 0.833 bits per heavy atom. The summed E-state index contributed by atoms with van der Waals surface area (Å²) < 4.78 is 38.7. The second-order valence-corrected chi connectivity index (χ2v) is 3.72. The molecule has 0 saturated carbocycles. The van der Waals surface area contributed by atoms with Crippen molar-refractivity contribution in [2.45, 2.75) is 6.18 Å². The molecule has 0 amide bonds. The Labute approximate surface area is 101 Å². The van der Waals surface area contributed by atoms with Crippen LogP contribution in [0, 0.1) is 0 Å². The predicted octanol–water partition coefficient (Wildman–Crippen LogP) is 3.78. The molecule has 18 heavy (non-hydrogen) atoms. The zero-order valence-electron chi connectivity index (χ0n) is 9.07. The van der Waals surface area contributed by atoms with Gasteiger partial charge in [-0.2, -0.15) is 13.2 Å². The third-order valence-corrected chi connectivity index (χ3v) is 2.52. The van der Waals surface area contributed by atoms with Crippen LogP contribution in [0.4, 0.5) is 13.2 Å². The molecule has 0 unspecified atom stereocenters. The van der Waals surface area contributed by atoms with Gasteiger partial charge in [-0.3, -0.25) is 0 Å². The van der Waals surface area contributed by atoms with E-state index in [4.69, 9.17) is 0 Å². The lowest BCUT2D eigenvalue weighted by Crippen LogP contribution is -2.07. The van der Waals surface area contributed by atoms with E-state index in [9.17, 15) is 23.4 Å². The summed E-state index contributed by atoms with van der Waals surface area (Å²) in [5.74, 6) is -1.94. The fraction of sp³-hybridized carbons (Fsp3) is 0.0769. The van der Waals surface area contributed by atoms with Gasteiger partial charge in [0.15, 0.2) is 11.5 Å². The van der Waals surface area contributed by atoms with Crippen LogP contribution in [0.5, 0.6) is 11.5 Å². The van der Waals surface area contributed by atoms with Gasteiger partial charge >= 0.3 is 6.18 Å². The van der Waals surface area contributed by atoms with Crippen molar-refractivity contribution in [1.82, 2.24) is 0 Å². The number of rotatable bonds is 1. The van der Waals surface area contributed by atoms with E-state index in [-0.39, 0.29) is 5.56 Å². The maximum absolute atomic E-state index is 12.9. The average Bonchev–Trinajstić information content (AvgIpc) is 2.32. The minimum atomic E-state index is -4.74. The molecule has 0 aliphatic carbocycles. The maximum Gasteiger partial charge on any atom is 0.420 e. The summed E-state index contributed by atoms with van der Waals surface area (Å²) in [7, 11) is 0. The van der Waals surface area contributed by atoms with E-state index in [1.807, 2.05) is 0 Å². The van der Waals surface area contributed by atoms with Crippen LogP contribution >= 0.6 is 0 Å². The van der Waals surface area contributed by atoms with Crippen LogP contribution in [0.1, 0.15) is 5.56 Å². The summed E-state index contributed by atoms with van der Waals surface area (Å²) in [6, 6.07) is 10.0. The summed E-state index contributed by atoms with van der Waals surface area (Å²) in [6.45, 7) is 0. The van der Waals surface area contributed by atoms with Crippen LogP contribution in [0.15, 0.2) is 42.5 Å². The summed E-state index contributed by atoms with van der Waals surface area (Å²) in [4.78, 5) is 0. The smallest absolute Gasteiger partial charge is 0.420 e. The molecule has 2 nitrogen and oxygen atoms in total. The monoisotopic (exact) mass is 254 g/mol. The lowest BCUT2D eigenvalue weighted by atomic mass is 9.98. The van der Waals surface area contributed by atoms with Gasteiger partial charge in [-0.1, -0.05) is 30.3 Å². The molecule has 2 aromatic rings. The van der Waals surface area contributed by atoms with E-state index < -0.39 is 23.2 Å². The van der Waals surface area contributed by atoms with Gasteiger partial charge in [-0.05, 0) is 23.3 Å². The molecule has 0 aliphatic heterocycles. The number of phenolic OH excluding ortho intramolecular Hbond substituents is 2. The summed E-state index contributed by atoms with van der Waals surface area (Å²) in [5.41, 5.74) is -1.08. The first-order chi connectivity index (χ1) is 8.41. The molecule has 0 heterocycles. The Hall–Kier alpha value is -2.17. The number of hydrogen-bond donors (Lipinski definition) is 2. The van der Waals surface area contributed by atoms with Gasteiger partial charge in [0.2, 0.25) is 0 Å². The number of aromatic hydroxyl groups is 2. The lowest BCUT2D eigenvalue weighted by Gasteiger charge is -2.15. The maximum atomic E-state index is 12.9. The van der Waals surface area contributed by atoms with Crippen LogP contribution in [-0.4, -0.2) is 10.2 Å². The first-order valence-corrected chi connectivity index (χ1v) is 5.09. The van der Waals surface area contributed by atoms with E-state index in [1.54, 1.807) is 18.2 Å². The van der Waals surface area contributed by atoms with Crippen LogP contribution in [-0.2, 0) is 6.18 Å². The topological polar surface area (TPSA) is 40.5 Å². The molecule has 0 spiro atoms. The molecular formula is C13H9F3O2. The minimum absolute atomic E-state index is 0.168. The first kappa shape index (κ1) is 12.3. The van der Waals surface area contributed by atoms with Crippen molar-refractivity contribution in [1.29, 1.82) is 0 Å². The first-order valence-electron chi connectivity index (χ1n) is 5.09. The minimum Gasteiger partial charge on any atom is -0.504 e. The largest absolute Gasteiger partial charge is 0.504 e. The van der Waals surface area contributed by atoms with Crippen molar-refractivity contribution in [3.8, 4) is 22.6 Å². The van der Waals surface area contributed by atoms with E-state index in [0.29, 0.717) is 5.56 Å². The van der Waals surface area contributed by atoms with Crippen LogP contribution in [0.2, 0.25) is 0 Å². The van der Waals surface area contributed by atoms with Gasteiger partial charge in [-0.25, -0.2) is 0 Å². The highest BCUT2D eigenvalue weighted by atomic mass is 19.4. The summed E-state index contributed by atoms with van der Waals surface area (Å²) in [5, 5.41) is 18.6. The molecule has 0 aromatic heterocycles. The van der Waals surface area contributed by atoms with Gasteiger partial charge in [0.05, 0.1) is 0 Å². The van der Waals surface area contributed by atoms with Crippen LogP contribution in [0.3, 0.4) is 0 Å². The third kappa shape index (κ3) is 2.11. The molecule has 0 fully saturated rings. The molecule has 0 aliphatic rings. The molecule has 0 saturated heterocycles. The number of phenols is 2. The Morgan fingerprint density at radius 2 is 1.44 bits per heavy atom. The highest BCUT2D eigenvalue weighted by Gasteiger charge is 2.38. The van der Waals surface area contributed by atoms with Gasteiger partial charge in [-0.15, -0.1) is 0 Å². The second-order valence-electron chi connectivity index (χ2n) is 3.72. The van der Waals surface area contributed by atoms with Crippen molar-refractivity contribution >= 4 is 0 Å². The van der Waals surface area contributed by atoms with E-state index in [0.717, 1.165) is 12.1 Å². The molecular weight excluding hydrogens is 245 g/mol. The standard InChI is InChI=1S/C13H9F3O2/c14-13(15,16)11-9(6-7-10(17)12(11)18)8-4-2-1-3-5-8/h1-7,17-18H. The number of benzene rings is 2. The SMILES string of the molecule is Oc1ccc(-c2ccccc2)c(C(F)(F)F)c1O. The molecule has 0 bridgehead atoms. The molecule has 2 rings (SSSR count). The van der Waals surface area contributed by atoms with Crippen molar-refractivity contribution in [3.05, 3.63) is 48.0 Å². The molecule has 94 valence electrons. The Morgan fingerprint density at radius 3 is 2.00 bits per heavy atom. The molecule has 0 radical (unpaired) electrons. The number of halogens is 3. The summed E-state index contributed by atoms with van der Waals surface area (Å²) in [6.07, 6.45) is -4.74. The third-order valence-electron chi connectivity index (χ3n) is 2.52. The average molecular weight is 254 g/mol. The van der Waals surface area contributed by atoms with Crippen LogP contribution in [0.25, 0.3) is 11.1 Å². The summed E-state index contributed by atoms with van der Waals surface area (Å²) >= 11 is 0. The highest BCUT2D eigenvalue weighted by Crippen LogP contribution is 2.45. The van der Waals surface area contributed by atoms with Crippen molar-refractivity contribution in [2.75, 3.05) is 0 Å². The van der Waals surface area contributed by atoms with Crippen LogP contribution < -0.4 is 0 Å². The Kier molecular flexibility index (Phi) is 2.90. The number of alkyl halides is 3. The fourth-order valence-corrected chi connectivity index (χ4v) is 1.73. The highest BCUT2D eigenvalue weighted by molar-refractivity contribution is 5.72. The molecule has 2 N–H and O–H groups in total.